The maximum atomic E-state index is 8.13. The zero-order valence-corrected chi connectivity index (χ0v) is 4.02. The summed E-state index contributed by atoms with van der Waals surface area (Å²) in [6, 6.07) is 0. The van der Waals surface area contributed by atoms with Crippen molar-refractivity contribution in [2.45, 2.75) is 0 Å². The van der Waals surface area contributed by atoms with Crippen LogP contribution >= 0.6 is 0 Å². The lowest BCUT2D eigenvalue weighted by atomic mass is 10.7. The Hall–Kier alpha value is -0.590. The Morgan fingerprint density at radius 2 is 2.43 bits per heavy atom. The molecule has 0 aliphatic rings. The molecule has 0 rings (SSSR count). The number of nitrogens with one attached hydrogen (secondary N) is 1. The van der Waals surface area contributed by atoms with E-state index < -0.39 is 0 Å². The summed E-state index contributed by atoms with van der Waals surface area (Å²) in [5.41, 5.74) is 0. The van der Waals surface area contributed by atoms with Crippen LogP contribution in [0.25, 0.3) is 4.85 Å². The monoisotopic (exact) mass is 100 g/mol. The summed E-state index contributed by atoms with van der Waals surface area (Å²) < 4.78 is 0. The highest BCUT2D eigenvalue weighted by molar-refractivity contribution is 4.53. The van der Waals surface area contributed by atoms with Crippen molar-refractivity contribution >= 4 is 0 Å². The van der Waals surface area contributed by atoms with Gasteiger partial charge in [0.2, 0.25) is 0 Å². The summed E-state index contributed by atoms with van der Waals surface area (Å²) in [6.45, 7) is 7.19. The molecule has 0 saturated carbocycles. The molecule has 7 heavy (non-hydrogen) atoms. The van der Waals surface area contributed by atoms with Gasteiger partial charge in [0.1, 0.15) is 0 Å². The van der Waals surface area contributed by atoms with Gasteiger partial charge in [-0.15, -0.1) is 0 Å². The molecule has 3 heteroatoms. The van der Waals surface area contributed by atoms with Crippen LogP contribution in [0.15, 0.2) is 0 Å². The van der Waals surface area contributed by atoms with Crippen molar-refractivity contribution in [3.63, 3.8) is 0 Å². The molecule has 0 spiro atoms. The summed E-state index contributed by atoms with van der Waals surface area (Å²) in [6.07, 6.45) is 0. The predicted molar refractivity (Wildman–Crippen MR) is 26.6 cm³/mol. The van der Waals surface area contributed by atoms with E-state index in [0.29, 0.717) is 13.2 Å². The van der Waals surface area contributed by atoms with E-state index in [1.165, 1.54) is 0 Å². The van der Waals surface area contributed by atoms with Gasteiger partial charge in [-0.1, -0.05) is 0 Å². The highest BCUT2D eigenvalue weighted by atomic mass is 16.3. The molecule has 0 atom stereocenters. The van der Waals surface area contributed by atoms with Gasteiger partial charge in [0.05, 0.1) is 6.61 Å². The third-order valence-electron chi connectivity index (χ3n) is 0.479. The predicted octanol–water partition coefficient (Wildman–Crippen LogP) is -0.555. The minimum absolute atomic E-state index is 0.107. The molecule has 3 nitrogen and oxygen atoms in total. The lowest BCUT2D eigenvalue weighted by molar-refractivity contribution is 0.294. The number of nitrogens with zero attached hydrogens (tertiary/aromatic N) is 1. The van der Waals surface area contributed by atoms with Crippen LogP contribution in [0.3, 0.4) is 0 Å². The average molecular weight is 100 g/mol. The van der Waals surface area contributed by atoms with Crippen molar-refractivity contribution in [1.82, 2.24) is 5.32 Å². The van der Waals surface area contributed by atoms with Gasteiger partial charge < -0.3 is 5.11 Å². The summed E-state index contributed by atoms with van der Waals surface area (Å²) in [5.74, 6) is 0. The third kappa shape index (κ3) is 5.41. The second-order valence-corrected chi connectivity index (χ2v) is 1.04. The highest BCUT2D eigenvalue weighted by Crippen LogP contribution is 1.57. The molecule has 2 N–H and O–H groups in total. The van der Waals surface area contributed by atoms with Crippen LogP contribution in [0.2, 0.25) is 0 Å². The van der Waals surface area contributed by atoms with E-state index in [4.69, 9.17) is 11.7 Å². The summed E-state index contributed by atoms with van der Waals surface area (Å²) in [4.78, 5) is 3.00. The molecule has 0 aromatic carbocycles. The minimum Gasteiger partial charge on any atom is -0.395 e. The van der Waals surface area contributed by atoms with Crippen molar-refractivity contribution in [2.75, 3.05) is 19.8 Å². The van der Waals surface area contributed by atoms with Crippen LogP contribution in [0.4, 0.5) is 0 Å². The molecule has 0 amide bonds. The SMILES string of the molecule is [C-]#[N+]CNCCO. The van der Waals surface area contributed by atoms with E-state index in [1.54, 1.807) is 0 Å². The molecule has 0 aliphatic carbocycles. The molecule has 0 heterocycles. The van der Waals surface area contributed by atoms with E-state index in [0.717, 1.165) is 0 Å². The largest absolute Gasteiger partial charge is 0.395 e. The Morgan fingerprint density at radius 1 is 1.71 bits per heavy atom. The summed E-state index contributed by atoms with van der Waals surface area (Å²) in [5, 5.41) is 10.8. The van der Waals surface area contributed by atoms with Crippen molar-refractivity contribution < 1.29 is 5.11 Å². The van der Waals surface area contributed by atoms with Gasteiger partial charge in [0.25, 0.3) is 6.67 Å². The molecular formula is C4H8N2O. The lowest BCUT2D eigenvalue weighted by Gasteiger charge is -1.87. The highest BCUT2D eigenvalue weighted by Gasteiger charge is 1.79. The topological polar surface area (TPSA) is 36.6 Å². The lowest BCUT2D eigenvalue weighted by Crippen LogP contribution is -2.16. The molecule has 0 saturated heterocycles. The van der Waals surface area contributed by atoms with Crippen LogP contribution in [0.1, 0.15) is 0 Å². The fourth-order valence-electron chi connectivity index (χ4n) is 0.214. The van der Waals surface area contributed by atoms with Gasteiger partial charge in [-0.25, -0.2) is 11.9 Å². The maximum Gasteiger partial charge on any atom is 0.268 e. The quantitative estimate of drug-likeness (QED) is 0.368. The molecule has 0 radical (unpaired) electrons. The summed E-state index contributed by atoms with van der Waals surface area (Å²) in [7, 11) is 0. The van der Waals surface area contributed by atoms with E-state index in [9.17, 15) is 0 Å². The molecule has 0 aromatic heterocycles. The first kappa shape index (κ1) is 6.41. The first-order valence-corrected chi connectivity index (χ1v) is 2.06. The third-order valence-corrected chi connectivity index (χ3v) is 0.479. The first-order valence-electron chi connectivity index (χ1n) is 2.06. The number of hydrogen-bond donors (Lipinski definition) is 2. The zero-order chi connectivity index (χ0) is 5.54. The van der Waals surface area contributed by atoms with Crippen molar-refractivity contribution in [2.24, 2.45) is 0 Å². The molecule has 40 valence electrons. The number of rotatable bonds is 3. The van der Waals surface area contributed by atoms with Gasteiger partial charge in [-0.05, 0) is 0 Å². The van der Waals surface area contributed by atoms with E-state index >= 15 is 0 Å². The minimum atomic E-state index is 0.107. The Bertz CT molecular complexity index is 66.6. The average Bonchev–Trinajstić information content (AvgIpc) is 1.69. The van der Waals surface area contributed by atoms with Gasteiger partial charge in [-0.3, -0.25) is 4.85 Å². The molecule has 0 bridgehead atoms. The Balaban J connectivity index is 2.60. The van der Waals surface area contributed by atoms with Gasteiger partial charge in [0.15, 0.2) is 0 Å². The van der Waals surface area contributed by atoms with Crippen molar-refractivity contribution in [3.05, 3.63) is 11.4 Å². The fourth-order valence-corrected chi connectivity index (χ4v) is 0.214. The Labute approximate surface area is 42.8 Å². The normalized spacial score (nSPS) is 8.00. The maximum absolute atomic E-state index is 8.13. The second kappa shape index (κ2) is 5.41. The van der Waals surface area contributed by atoms with Crippen molar-refractivity contribution in [3.8, 4) is 0 Å². The molecule has 0 unspecified atom stereocenters. The van der Waals surface area contributed by atoms with E-state index in [-0.39, 0.29) is 6.61 Å². The van der Waals surface area contributed by atoms with Crippen LogP contribution in [-0.4, -0.2) is 24.9 Å². The number of aliphatic hydroxyl groups is 1. The second-order valence-electron chi connectivity index (χ2n) is 1.04. The van der Waals surface area contributed by atoms with Crippen LogP contribution in [-0.2, 0) is 0 Å². The molecule has 0 fully saturated rings. The van der Waals surface area contributed by atoms with E-state index in [1.807, 2.05) is 0 Å². The van der Waals surface area contributed by atoms with Crippen LogP contribution in [0, 0.1) is 6.57 Å². The Morgan fingerprint density at radius 3 is 2.86 bits per heavy atom. The van der Waals surface area contributed by atoms with Crippen molar-refractivity contribution in [1.29, 1.82) is 0 Å². The first-order chi connectivity index (χ1) is 3.41. The summed E-state index contributed by atoms with van der Waals surface area (Å²) >= 11 is 0. The molecular weight excluding hydrogens is 92.1 g/mol. The van der Waals surface area contributed by atoms with Crippen LogP contribution in [0.5, 0.6) is 0 Å². The smallest absolute Gasteiger partial charge is 0.268 e. The number of hydrogen-bond acceptors (Lipinski definition) is 2. The molecule has 0 aromatic rings. The molecule has 0 aliphatic heterocycles. The van der Waals surface area contributed by atoms with Gasteiger partial charge >= 0.3 is 0 Å². The Kier molecular flexibility index (Phi) is 4.95. The van der Waals surface area contributed by atoms with E-state index in [2.05, 4.69) is 10.2 Å². The fraction of sp³-hybridized carbons (Fsp3) is 0.750. The van der Waals surface area contributed by atoms with Crippen LogP contribution < -0.4 is 5.32 Å². The van der Waals surface area contributed by atoms with Gasteiger partial charge in [-0.2, -0.15) is 0 Å². The standard InChI is InChI=1S/C4H8N2O/c1-5-4-6-2-3-7/h6-7H,2-4H2. The zero-order valence-electron chi connectivity index (χ0n) is 4.02. The van der Waals surface area contributed by atoms with Gasteiger partial charge in [0, 0.05) is 6.54 Å². The number of aliphatic hydroxyl groups excluding tert-OH is 1.